The highest BCUT2D eigenvalue weighted by atomic mass is 32.2. The number of ether oxygens (including phenoxy) is 2. The maximum absolute atomic E-state index is 11.9. The van der Waals surface area contributed by atoms with Crippen LogP contribution < -0.4 is 0 Å². The van der Waals surface area contributed by atoms with Gasteiger partial charge in [0.2, 0.25) is 0 Å². The Kier molecular flexibility index (Phi) is 5.55. The molecular formula is C15H20O6S. The first-order valence-electron chi connectivity index (χ1n) is 7.18. The normalized spacial score (nSPS) is 20.6. The molecule has 2 unspecified atom stereocenters. The Hall–Kier alpha value is -1.44. The Bertz CT molecular complexity index is 607. The molecule has 1 aromatic carbocycles. The molecule has 0 N–H and O–H groups in total. The van der Waals surface area contributed by atoms with Gasteiger partial charge in [0.25, 0.3) is 10.1 Å². The Balaban J connectivity index is 1.71. The lowest BCUT2D eigenvalue weighted by atomic mass is 10.2. The van der Waals surface area contributed by atoms with Crippen LogP contribution in [-0.2, 0) is 28.6 Å². The van der Waals surface area contributed by atoms with Crippen LogP contribution in [0.3, 0.4) is 0 Å². The predicted octanol–water partition coefficient (Wildman–Crippen LogP) is 1.67. The monoisotopic (exact) mass is 328 g/mol. The summed E-state index contributed by atoms with van der Waals surface area (Å²) in [6, 6.07) is 6.42. The lowest BCUT2D eigenvalue weighted by Crippen LogP contribution is -2.15. The van der Waals surface area contributed by atoms with E-state index in [4.69, 9.17) is 13.7 Å². The summed E-state index contributed by atoms with van der Waals surface area (Å²) in [6.07, 6.45) is 0.425. The van der Waals surface area contributed by atoms with E-state index >= 15 is 0 Å². The molecule has 1 fully saturated rings. The zero-order valence-electron chi connectivity index (χ0n) is 12.7. The van der Waals surface area contributed by atoms with Gasteiger partial charge in [-0.15, -0.1) is 0 Å². The maximum Gasteiger partial charge on any atom is 0.311 e. The molecule has 2 rings (SSSR count). The van der Waals surface area contributed by atoms with Crippen LogP contribution in [0.1, 0.15) is 18.9 Å². The van der Waals surface area contributed by atoms with Crippen molar-refractivity contribution in [2.75, 3.05) is 19.8 Å². The first-order chi connectivity index (χ1) is 10.4. The average Bonchev–Trinajstić information content (AvgIpc) is 3.24. The van der Waals surface area contributed by atoms with Crippen molar-refractivity contribution < 1.29 is 26.9 Å². The molecule has 22 heavy (non-hydrogen) atoms. The van der Waals surface area contributed by atoms with Crippen LogP contribution in [0.5, 0.6) is 0 Å². The SMILES string of the molecule is CCOC(=O)C1CC1OCCOS(=O)(=O)c1ccc(C)cc1. The Morgan fingerprint density at radius 1 is 1.23 bits per heavy atom. The minimum Gasteiger partial charge on any atom is -0.466 e. The molecule has 122 valence electrons. The molecule has 0 saturated heterocycles. The third kappa shape index (κ3) is 4.53. The van der Waals surface area contributed by atoms with E-state index in [9.17, 15) is 13.2 Å². The van der Waals surface area contributed by atoms with Crippen LogP contribution in [0.25, 0.3) is 0 Å². The quantitative estimate of drug-likeness (QED) is 0.410. The number of rotatable bonds is 8. The van der Waals surface area contributed by atoms with Crippen molar-refractivity contribution in [3.8, 4) is 0 Å². The highest BCUT2D eigenvalue weighted by Crippen LogP contribution is 2.34. The van der Waals surface area contributed by atoms with Crippen molar-refractivity contribution in [1.29, 1.82) is 0 Å². The minimum absolute atomic E-state index is 0.0811. The summed E-state index contributed by atoms with van der Waals surface area (Å²) in [7, 11) is -3.76. The number of carbonyl (C=O) groups is 1. The van der Waals surface area contributed by atoms with Gasteiger partial charge < -0.3 is 9.47 Å². The second-order valence-electron chi connectivity index (χ2n) is 5.09. The lowest BCUT2D eigenvalue weighted by molar-refractivity contribution is -0.145. The van der Waals surface area contributed by atoms with E-state index in [1.165, 1.54) is 12.1 Å². The zero-order valence-corrected chi connectivity index (χ0v) is 13.5. The van der Waals surface area contributed by atoms with Gasteiger partial charge in [-0.1, -0.05) is 17.7 Å². The van der Waals surface area contributed by atoms with Crippen LogP contribution in [0.4, 0.5) is 0 Å². The van der Waals surface area contributed by atoms with Crippen LogP contribution in [-0.4, -0.2) is 40.3 Å². The van der Waals surface area contributed by atoms with Crippen LogP contribution in [0.2, 0.25) is 0 Å². The molecule has 0 radical (unpaired) electrons. The molecule has 1 aromatic rings. The summed E-state index contributed by atoms with van der Waals surface area (Å²) in [5.41, 5.74) is 0.973. The fraction of sp³-hybridized carbons (Fsp3) is 0.533. The van der Waals surface area contributed by atoms with E-state index in [2.05, 4.69) is 0 Å². The molecule has 0 heterocycles. The van der Waals surface area contributed by atoms with Gasteiger partial charge in [0.15, 0.2) is 0 Å². The van der Waals surface area contributed by atoms with E-state index < -0.39 is 10.1 Å². The van der Waals surface area contributed by atoms with Crippen LogP contribution >= 0.6 is 0 Å². The van der Waals surface area contributed by atoms with Gasteiger partial charge in [-0.3, -0.25) is 8.98 Å². The molecule has 0 spiro atoms. The molecule has 7 heteroatoms. The standard InChI is InChI=1S/C15H20O6S/c1-3-19-15(16)13-10-14(13)20-8-9-21-22(17,18)12-6-4-11(2)5-7-12/h4-7,13-14H,3,8-10H2,1-2H3. The summed E-state index contributed by atoms with van der Waals surface area (Å²) in [5, 5.41) is 0. The number of esters is 1. The fourth-order valence-electron chi connectivity index (χ4n) is 1.97. The molecule has 0 aliphatic heterocycles. The Morgan fingerprint density at radius 3 is 2.55 bits per heavy atom. The van der Waals surface area contributed by atoms with Gasteiger partial charge in [-0.05, 0) is 32.4 Å². The molecule has 0 aromatic heterocycles. The summed E-state index contributed by atoms with van der Waals surface area (Å²) in [5.74, 6) is -0.491. The second kappa shape index (κ2) is 7.21. The number of carbonyl (C=O) groups excluding carboxylic acids is 1. The smallest absolute Gasteiger partial charge is 0.311 e. The van der Waals surface area contributed by atoms with Crippen molar-refractivity contribution in [2.24, 2.45) is 5.92 Å². The van der Waals surface area contributed by atoms with Gasteiger partial charge in [0, 0.05) is 0 Å². The second-order valence-corrected chi connectivity index (χ2v) is 6.71. The van der Waals surface area contributed by atoms with Crippen molar-refractivity contribution in [3.05, 3.63) is 29.8 Å². The molecule has 2 atom stereocenters. The summed E-state index contributed by atoms with van der Waals surface area (Å²) >= 11 is 0. The first kappa shape index (κ1) is 16.9. The average molecular weight is 328 g/mol. The topological polar surface area (TPSA) is 78.9 Å². The van der Waals surface area contributed by atoms with E-state index in [1.807, 2.05) is 6.92 Å². The molecule has 0 bridgehead atoms. The number of hydrogen-bond acceptors (Lipinski definition) is 6. The van der Waals surface area contributed by atoms with Gasteiger partial charge in [0.05, 0.1) is 36.7 Å². The van der Waals surface area contributed by atoms with Crippen LogP contribution in [0, 0.1) is 12.8 Å². The van der Waals surface area contributed by atoms with Crippen molar-refractivity contribution in [2.45, 2.75) is 31.3 Å². The number of hydrogen-bond donors (Lipinski definition) is 0. The van der Waals surface area contributed by atoms with E-state index in [0.29, 0.717) is 13.0 Å². The molecule has 0 amide bonds. The van der Waals surface area contributed by atoms with E-state index in [0.717, 1.165) is 5.56 Å². The molecule has 6 nitrogen and oxygen atoms in total. The molecule has 1 aliphatic carbocycles. The summed E-state index contributed by atoms with van der Waals surface area (Å²) in [6.45, 7) is 4.01. The Labute approximate surface area is 130 Å². The lowest BCUT2D eigenvalue weighted by Gasteiger charge is -2.07. The van der Waals surface area contributed by atoms with Crippen molar-refractivity contribution in [1.82, 2.24) is 0 Å². The van der Waals surface area contributed by atoms with Crippen molar-refractivity contribution in [3.63, 3.8) is 0 Å². The van der Waals surface area contributed by atoms with E-state index in [-0.39, 0.29) is 36.1 Å². The van der Waals surface area contributed by atoms with Gasteiger partial charge in [-0.25, -0.2) is 0 Å². The number of benzene rings is 1. The van der Waals surface area contributed by atoms with E-state index in [1.54, 1.807) is 19.1 Å². The largest absolute Gasteiger partial charge is 0.466 e. The molecular weight excluding hydrogens is 308 g/mol. The van der Waals surface area contributed by atoms with Crippen LogP contribution in [0.15, 0.2) is 29.2 Å². The van der Waals surface area contributed by atoms with Gasteiger partial charge in [-0.2, -0.15) is 8.42 Å². The fourth-order valence-corrected chi connectivity index (χ4v) is 2.86. The predicted molar refractivity (Wildman–Crippen MR) is 78.8 cm³/mol. The van der Waals surface area contributed by atoms with Gasteiger partial charge in [0.1, 0.15) is 0 Å². The molecule has 1 saturated carbocycles. The maximum atomic E-state index is 11.9. The first-order valence-corrected chi connectivity index (χ1v) is 8.59. The highest BCUT2D eigenvalue weighted by Gasteiger charge is 2.45. The highest BCUT2D eigenvalue weighted by molar-refractivity contribution is 7.86. The zero-order chi connectivity index (χ0) is 16.2. The Morgan fingerprint density at radius 2 is 1.91 bits per heavy atom. The summed E-state index contributed by atoms with van der Waals surface area (Å²) < 4.78 is 39.0. The summed E-state index contributed by atoms with van der Waals surface area (Å²) in [4.78, 5) is 11.5. The van der Waals surface area contributed by atoms with Gasteiger partial charge >= 0.3 is 5.97 Å². The minimum atomic E-state index is -3.76. The third-order valence-corrected chi connectivity index (χ3v) is 4.61. The van der Waals surface area contributed by atoms with Crippen molar-refractivity contribution >= 4 is 16.1 Å². The number of aryl methyl sites for hydroxylation is 1. The third-order valence-electron chi connectivity index (χ3n) is 3.28. The molecule has 1 aliphatic rings.